The molecule has 7 heteroatoms. The van der Waals surface area contributed by atoms with Crippen LogP contribution in [0.25, 0.3) is 0 Å². The standard InChI is InChI=1S/C17H27N3O4/c21-15(22)11-14-6-4-10-20(14)16(23)13-5-3-9-19(12-13)17(24)18-7-1-2-8-18/h13-14H,1-12H2,(H,21,22). The molecule has 134 valence electrons. The molecular weight excluding hydrogens is 310 g/mol. The number of likely N-dealkylation sites (tertiary alicyclic amines) is 3. The fraction of sp³-hybridized carbons (Fsp3) is 0.824. The van der Waals surface area contributed by atoms with Gasteiger partial charge in [0.05, 0.1) is 12.3 Å². The normalized spacial score (nSPS) is 27.6. The molecule has 3 fully saturated rings. The van der Waals surface area contributed by atoms with Crippen LogP contribution in [-0.4, -0.2) is 76.5 Å². The van der Waals surface area contributed by atoms with Crippen molar-refractivity contribution in [3.63, 3.8) is 0 Å². The van der Waals surface area contributed by atoms with E-state index in [0.717, 1.165) is 58.2 Å². The van der Waals surface area contributed by atoms with Crippen molar-refractivity contribution >= 4 is 17.9 Å². The van der Waals surface area contributed by atoms with Crippen molar-refractivity contribution in [2.24, 2.45) is 5.92 Å². The Morgan fingerprint density at radius 1 is 0.875 bits per heavy atom. The number of carbonyl (C=O) groups is 3. The largest absolute Gasteiger partial charge is 0.481 e. The van der Waals surface area contributed by atoms with Gasteiger partial charge in [0.25, 0.3) is 0 Å². The lowest BCUT2D eigenvalue weighted by Gasteiger charge is -2.37. The summed E-state index contributed by atoms with van der Waals surface area (Å²) in [6, 6.07) is -0.117. The molecule has 1 N–H and O–H groups in total. The first-order valence-electron chi connectivity index (χ1n) is 9.12. The number of hydrogen-bond acceptors (Lipinski definition) is 3. The van der Waals surface area contributed by atoms with Crippen LogP contribution >= 0.6 is 0 Å². The summed E-state index contributed by atoms with van der Waals surface area (Å²) in [5, 5.41) is 9.02. The molecule has 0 bridgehead atoms. The second kappa shape index (κ2) is 7.40. The van der Waals surface area contributed by atoms with Crippen molar-refractivity contribution < 1.29 is 19.5 Å². The molecule has 3 heterocycles. The summed E-state index contributed by atoms with van der Waals surface area (Å²) in [4.78, 5) is 41.9. The monoisotopic (exact) mass is 337 g/mol. The van der Waals surface area contributed by atoms with E-state index in [0.29, 0.717) is 13.1 Å². The minimum absolute atomic E-state index is 0.0227. The van der Waals surface area contributed by atoms with Gasteiger partial charge in [-0.2, -0.15) is 0 Å². The van der Waals surface area contributed by atoms with Crippen LogP contribution in [0.1, 0.15) is 44.9 Å². The molecule has 3 aliphatic rings. The van der Waals surface area contributed by atoms with Gasteiger partial charge in [-0.3, -0.25) is 9.59 Å². The van der Waals surface area contributed by atoms with Gasteiger partial charge in [0.15, 0.2) is 0 Å². The predicted molar refractivity (Wildman–Crippen MR) is 87.5 cm³/mol. The summed E-state index contributed by atoms with van der Waals surface area (Å²) in [5.41, 5.74) is 0. The highest BCUT2D eigenvalue weighted by atomic mass is 16.4. The highest BCUT2D eigenvalue weighted by Gasteiger charge is 2.37. The lowest BCUT2D eigenvalue weighted by Crippen LogP contribution is -2.51. The predicted octanol–water partition coefficient (Wildman–Crippen LogP) is 1.38. The number of nitrogens with zero attached hydrogens (tertiary/aromatic N) is 3. The Morgan fingerprint density at radius 3 is 2.25 bits per heavy atom. The number of aliphatic carboxylic acids is 1. The van der Waals surface area contributed by atoms with Gasteiger partial charge in [-0.25, -0.2) is 4.79 Å². The zero-order valence-electron chi connectivity index (χ0n) is 14.2. The summed E-state index contributed by atoms with van der Waals surface area (Å²) in [6.45, 7) is 3.48. The highest BCUT2D eigenvalue weighted by molar-refractivity contribution is 5.82. The Morgan fingerprint density at radius 2 is 1.54 bits per heavy atom. The Balaban J connectivity index is 1.60. The minimum Gasteiger partial charge on any atom is -0.481 e. The van der Waals surface area contributed by atoms with E-state index in [2.05, 4.69) is 0 Å². The molecule has 2 atom stereocenters. The van der Waals surface area contributed by atoms with Gasteiger partial charge in [0, 0.05) is 38.8 Å². The lowest BCUT2D eigenvalue weighted by atomic mass is 9.96. The highest BCUT2D eigenvalue weighted by Crippen LogP contribution is 2.27. The van der Waals surface area contributed by atoms with E-state index in [-0.39, 0.29) is 30.3 Å². The number of urea groups is 1. The third-order valence-corrected chi connectivity index (χ3v) is 5.49. The van der Waals surface area contributed by atoms with Crippen molar-refractivity contribution in [1.29, 1.82) is 0 Å². The Labute approximate surface area is 142 Å². The van der Waals surface area contributed by atoms with Gasteiger partial charge < -0.3 is 19.8 Å². The topological polar surface area (TPSA) is 81.2 Å². The molecule has 0 spiro atoms. The second-order valence-electron chi connectivity index (χ2n) is 7.19. The third-order valence-electron chi connectivity index (χ3n) is 5.49. The van der Waals surface area contributed by atoms with Crippen molar-refractivity contribution in [3.8, 4) is 0 Å². The van der Waals surface area contributed by atoms with Gasteiger partial charge >= 0.3 is 12.0 Å². The molecule has 0 aromatic heterocycles. The maximum atomic E-state index is 12.9. The Hall–Kier alpha value is -1.79. The molecule has 0 radical (unpaired) electrons. The molecule has 24 heavy (non-hydrogen) atoms. The van der Waals surface area contributed by atoms with Crippen LogP contribution in [0.3, 0.4) is 0 Å². The number of carboxylic acids is 1. The summed E-state index contributed by atoms with van der Waals surface area (Å²) in [6.07, 6.45) is 5.41. The second-order valence-corrected chi connectivity index (χ2v) is 7.19. The number of carbonyl (C=O) groups excluding carboxylic acids is 2. The number of rotatable bonds is 3. The first-order chi connectivity index (χ1) is 11.6. The van der Waals surface area contributed by atoms with Crippen LogP contribution in [0, 0.1) is 5.92 Å². The van der Waals surface area contributed by atoms with Crippen molar-refractivity contribution in [3.05, 3.63) is 0 Å². The average molecular weight is 337 g/mol. The van der Waals surface area contributed by atoms with Crippen molar-refractivity contribution in [2.75, 3.05) is 32.7 Å². The maximum Gasteiger partial charge on any atom is 0.320 e. The summed E-state index contributed by atoms with van der Waals surface area (Å²) >= 11 is 0. The average Bonchev–Trinajstić information content (AvgIpc) is 3.24. The molecule has 0 saturated carbocycles. The molecule has 7 nitrogen and oxygen atoms in total. The van der Waals surface area contributed by atoms with Crippen LogP contribution in [0.4, 0.5) is 4.79 Å². The Kier molecular flexibility index (Phi) is 5.26. The zero-order chi connectivity index (χ0) is 17.1. The summed E-state index contributed by atoms with van der Waals surface area (Å²) in [5.74, 6) is -0.994. The van der Waals surface area contributed by atoms with E-state index in [1.54, 1.807) is 4.90 Å². The molecular formula is C17H27N3O4. The quantitative estimate of drug-likeness (QED) is 0.843. The maximum absolute atomic E-state index is 12.9. The van der Waals surface area contributed by atoms with Gasteiger partial charge in [-0.05, 0) is 38.5 Å². The summed E-state index contributed by atoms with van der Waals surface area (Å²) < 4.78 is 0. The van der Waals surface area contributed by atoms with Crippen LogP contribution in [0.15, 0.2) is 0 Å². The first-order valence-corrected chi connectivity index (χ1v) is 9.12. The number of carboxylic acid groups (broad SMARTS) is 1. The molecule has 0 aliphatic carbocycles. The van der Waals surface area contributed by atoms with E-state index >= 15 is 0 Å². The number of amides is 3. The minimum atomic E-state index is -0.853. The van der Waals surface area contributed by atoms with Crippen molar-refractivity contribution in [2.45, 2.75) is 51.0 Å². The third kappa shape index (κ3) is 3.65. The van der Waals surface area contributed by atoms with E-state index in [4.69, 9.17) is 5.11 Å². The molecule has 3 rings (SSSR count). The Bertz CT molecular complexity index is 504. The zero-order valence-corrected chi connectivity index (χ0v) is 14.2. The number of hydrogen-bond donors (Lipinski definition) is 1. The molecule has 2 unspecified atom stereocenters. The molecule has 3 aliphatic heterocycles. The molecule has 0 aromatic carbocycles. The van der Waals surface area contributed by atoms with Gasteiger partial charge in [-0.15, -0.1) is 0 Å². The van der Waals surface area contributed by atoms with Crippen LogP contribution in [0.2, 0.25) is 0 Å². The fourth-order valence-electron chi connectivity index (χ4n) is 4.24. The van der Waals surface area contributed by atoms with Gasteiger partial charge in [0.2, 0.25) is 5.91 Å². The number of piperidine rings is 1. The van der Waals surface area contributed by atoms with Crippen LogP contribution in [-0.2, 0) is 9.59 Å². The van der Waals surface area contributed by atoms with Crippen LogP contribution < -0.4 is 0 Å². The van der Waals surface area contributed by atoms with E-state index in [1.807, 2.05) is 9.80 Å². The molecule has 0 aromatic rings. The molecule has 3 amide bonds. The van der Waals surface area contributed by atoms with Crippen molar-refractivity contribution in [1.82, 2.24) is 14.7 Å². The van der Waals surface area contributed by atoms with Gasteiger partial charge in [-0.1, -0.05) is 0 Å². The smallest absolute Gasteiger partial charge is 0.320 e. The lowest BCUT2D eigenvalue weighted by molar-refractivity contribution is -0.142. The van der Waals surface area contributed by atoms with E-state index in [9.17, 15) is 14.4 Å². The van der Waals surface area contributed by atoms with Crippen LogP contribution in [0.5, 0.6) is 0 Å². The first kappa shape index (κ1) is 17.0. The van der Waals surface area contributed by atoms with Gasteiger partial charge in [0.1, 0.15) is 0 Å². The fourth-order valence-corrected chi connectivity index (χ4v) is 4.24. The van der Waals surface area contributed by atoms with E-state index < -0.39 is 5.97 Å². The molecule has 3 saturated heterocycles. The summed E-state index contributed by atoms with van der Waals surface area (Å²) in [7, 11) is 0. The SMILES string of the molecule is O=C(O)CC1CCCN1C(=O)C1CCCN(C(=O)N2CCCC2)C1. The van der Waals surface area contributed by atoms with E-state index in [1.165, 1.54) is 0 Å².